The molecule has 2 aromatic rings. The van der Waals surface area contributed by atoms with Crippen molar-refractivity contribution in [3.63, 3.8) is 0 Å². The fourth-order valence-corrected chi connectivity index (χ4v) is 2.44. The highest BCUT2D eigenvalue weighted by Crippen LogP contribution is 2.39. The second-order valence-corrected chi connectivity index (χ2v) is 5.53. The maximum atomic E-state index is 12.4. The molecule has 0 atom stereocenters. The first kappa shape index (κ1) is 13.4. The number of hydrogen-bond acceptors (Lipinski definition) is 4. The maximum Gasteiger partial charge on any atom is 0.416 e. The van der Waals surface area contributed by atoms with Crippen molar-refractivity contribution in [3.8, 4) is 0 Å². The lowest BCUT2D eigenvalue weighted by Crippen LogP contribution is -2.05. The molecule has 0 radical (unpaired) electrons. The Bertz CT molecular complexity index is 588. The average molecular weight is 299 g/mol. The molecule has 1 heterocycles. The van der Waals surface area contributed by atoms with E-state index < -0.39 is 11.7 Å². The summed E-state index contributed by atoms with van der Waals surface area (Å²) in [6, 6.07) is 5.12. The van der Waals surface area contributed by atoms with E-state index in [2.05, 4.69) is 14.7 Å². The third-order valence-corrected chi connectivity index (χ3v) is 3.80. The zero-order valence-corrected chi connectivity index (χ0v) is 11.3. The summed E-state index contributed by atoms with van der Waals surface area (Å²) in [4.78, 5) is 4.36. The summed E-state index contributed by atoms with van der Waals surface area (Å²) in [5, 5.41) is 3.80. The van der Waals surface area contributed by atoms with Crippen molar-refractivity contribution in [3.05, 3.63) is 41.2 Å². The van der Waals surface area contributed by atoms with Crippen LogP contribution in [0.4, 0.5) is 18.3 Å². The predicted octanol–water partition coefficient (Wildman–Crippen LogP) is 4.05. The van der Waals surface area contributed by atoms with Crippen molar-refractivity contribution in [2.75, 3.05) is 5.32 Å². The molecule has 0 amide bonds. The fourth-order valence-electron chi connectivity index (χ4n) is 1.80. The molecule has 7 heteroatoms. The van der Waals surface area contributed by atoms with Gasteiger partial charge in [0.25, 0.3) is 0 Å². The molecule has 1 saturated carbocycles. The Morgan fingerprint density at radius 1 is 1.20 bits per heavy atom. The van der Waals surface area contributed by atoms with Gasteiger partial charge in [-0.3, -0.25) is 0 Å². The number of rotatable bonds is 4. The molecule has 0 spiro atoms. The molecule has 0 saturated heterocycles. The van der Waals surface area contributed by atoms with Gasteiger partial charge in [-0.25, -0.2) is 4.98 Å². The van der Waals surface area contributed by atoms with Gasteiger partial charge in [0.1, 0.15) is 5.82 Å². The number of hydrogen-bond donors (Lipinski definition) is 1. The van der Waals surface area contributed by atoms with E-state index >= 15 is 0 Å². The number of nitrogens with one attached hydrogen (secondary N) is 1. The molecule has 1 aliphatic carbocycles. The summed E-state index contributed by atoms with van der Waals surface area (Å²) in [5.41, 5.74) is 0.148. The highest BCUT2D eigenvalue weighted by molar-refractivity contribution is 7.09. The molecule has 1 aromatic carbocycles. The van der Waals surface area contributed by atoms with Crippen LogP contribution in [0.15, 0.2) is 24.3 Å². The molecule has 3 nitrogen and oxygen atoms in total. The average Bonchev–Trinajstić information content (AvgIpc) is 3.15. The molecule has 1 aromatic heterocycles. The van der Waals surface area contributed by atoms with Gasteiger partial charge in [0.2, 0.25) is 5.13 Å². The van der Waals surface area contributed by atoms with Gasteiger partial charge in [0.15, 0.2) is 0 Å². The monoisotopic (exact) mass is 299 g/mol. The molecular formula is C13H12F3N3S. The summed E-state index contributed by atoms with van der Waals surface area (Å²) in [7, 11) is 0. The molecule has 1 N–H and O–H groups in total. The first-order valence-electron chi connectivity index (χ1n) is 6.26. The van der Waals surface area contributed by atoms with Gasteiger partial charge in [-0.15, -0.1) is 0 Å². The summed E-state index contributed by atoms with van der Waals surface area (Å²) in [5.74, 6) is 1.39. The zero-order chi connectivity index (χ0) is 14.2. The SMILES string of the molecule is FC(F)(F)c1ccc(CNc2nc(C3CC3)ns2)cc1. The molecule has 0 unspecified atom stereocenters. The Balaban J connectivity index is 1.59. The van der Waals surface area contributed by atoms with Crippen LogP contribution < -0.4 is 5.32 Å². The molecule has 1 aliphatic rings. The zero-order valence-electron chi connectivity index (χ0n) is 10.4. The van der Waals surface area contributed by atoms with E-state index in [1.807, 2.05) is 0 Å². The smallest absolute Gasteiger partial charge is 0.356 e. The Labute approximate surface area is 118 Å². The normalized spacial score (nSPS) is 15.3. The van der Waals surface area contributed by atoms with E-state index in [-0.39, 0.29) is 0 Å². The van der Waals surface area contributed by atoms with E-state index in [0.29, 0.717) is 17.6 Å². The first-order chi connectivity index (χ1) is 9.52. The second-order valence-electron chi connectivity index (χ2n) is 4.78. The van der Waals surface area contributed by atoms with Crippen LogP contribution in [-0.2, 0) is 12.7 Å². The van der Waals surface area contributed by atoms with Gasteiger partial charge >= 0.3 is 6.18 Å². The molecule has 0 aliphatic heterocycles. The van der Waals surface area contributed by atoms with Crippen molar-refractivity contribution >= 4 is 16.7 Å². The molecule has 1 fully saturated rings. The maximum absolute atomic E-state index is 12.4. The summed E-state index contributed by atoms with van der Waals surface area (Å²) < 4.78 is 41.5. The Morgan fingerprint density at radius 3 is 2.50 bits per heavy atom. The minimum absolute atomic E-state index is 0.442. The number of benzene rings is 1. The van der Waals surface area contributed by atoms with Crippen molar-refractivity contribution in [2.24, 2.45) is 0 Å². The lowest BCUT2D eigenvalue weighted by molar-refractivity contribution is -0.137. The quantitative estimate of drug-likeness (QED) is 0.925. The van der Waals surface area contributed by atoms with Crippen molar-refractivity contribution in [1.82, 2.24) is 9.36 Å². The van der Waals surface area contributed by atoms with Crippen LogP contribution in [0.25, 0.3) is 0 Å². The molecule has 0 bridgehead atoms. The van der Waals surface area contributed by atoms with E-state index in [0.717, 1.165) is 36.4 Å². The van der Waals surface area contributed by atoms with Gasteiger partial charge in [-0.1, -0.05) is 12.1 Å². The van der Waals surface area contributed by atoms with Crippen molar-refractivity contribution in [2.45, 2.75) is 31.5 Å². The Hall–Kier alpha value is -1.63. The minimum Gasteiger partial charge on any atom is -0.356 e. The van der Waals surface area contributed by atoms with Crippen LogP contribution in [0.5, 0.6) is 0 Å². The van der Waals surface area contributed by atoms with Crippen LogP contribution in [0, 0.1) is 0 Å². The summed E-state index contributed by atoms with van der Waals surface area (Å²) in [6.07, 6.45) is -1.99. The van der Waals surface area contributed by atoms with Crippen LogP contribution in [-0.4, -0.2) is 9.36 Å². The third-order valence-electron chi connectivity index (χ3n) is 3.11. The summed E-state index contributed by atoms with van der Waals surface area (Å²) >= 11 is 1.29. The number of alkyl halides is 3. The Morgan fingerprint density at radius 2 is 1.90 bits per heavy atom. The van der Waals surface area contributed by atoms with E-state index in [4.69, 9.17) is 0 Å². The van der Waals surface area contributed by atoms with Crippen LogP contribution in [0.2, 0.25) is 0 Å². The molecule has 3 rings (SSSR count). The fraction of sp³-hybridized carbons (Fsp3) is 0.385. The van der Waals surface area contributed by atoms with Gasteiger partial charge in [0.05, 0.1) is 5.56 Å². The van der Waals surface area contributed by atoms with Gasteiger partial charge < -0.3 is 5.32 Å². The van der Waals surface area contributed by atoms with E-state index in [9.17, 15) is 13.2 Å². The predicted molar refractivity (Wildman–Crippen MR) is 70.7 cm³/mol. The number of nitrogens with zero attached hydrogens (tertiary/aromatic N) is 2. The third kappa shape index (κ3) is 3.09. The highest BCUT2D eigenvalue weighted by atomic mass is 32.1. The van der Waals surface area contributed by atoms with E-state index in [1.165, 1.54) is 23.7 Å². The van der Waals surface area contributed by atoms with Crippen molar-refractivity contribution < 1.29 is 13.2 Å². The van der Waals surface area contributed by atoms with Crippen LogP contribution in [0.3, 0.4) is 0 Å². The number of halogens is 3. The van der Waals surface area contributed by atoms with Gasteiger partial charge in [0, 0.05) is 24.0 Å². The second kappa shape index (κ2) is 5.05. The minimum atomic E-state index is -4.29. The topological polar surface area (TPSA) is 37.8 Å². The Kier molecular flexibility index (Phi) is 3.37. The number of aromatic nitrogens is 2. The lowest BCUT2D eigenvalue weighted by Gasteiger charge is -2.07. The van der Waals surface area contributed by atoms with Gasteiger partial charge in [-0.2, -0.15) is 17.5 Å². The summed E-state index contributed by atoms with van der Waals surface area (Å²) in [6.45, 7) is 0.442. The van der Waals surface area contributed by atoms with Gasteiger partial charge in [-0.05, 0) is 30.5 Å². The molecular weight excluding hydrogens is 287 g/mol. The number of anilines is 1. The standard InChI is InChI=1S/C13H12F3N3S/c14-13(15,16)10-5-1-8(2-6-10)7-17-12-18-11(19-20-12)9-3-4-9/h1-2,5-6,9H,3-4,7H2,(H,17,18,19). The van der Waals surface area contributed by atoms with Crippen molar-refractivity contribution in [1.29, 1.82) is 0 Å². The van der Waals surface area contributed by atoms with E-state index in [1.54, 1.807) is 0 Å². The van der Waals surface area contributed by atoms with Crippen LogP contribution >= 0.6 is 11.5 Å². The molecule has 20 heavy (non-hydrogen) atoms. The largest absolute Gasteiger partial charge is 0.416 e. The molecule has 106 valence electrons. The lowest BCUT2D eigenvalue weighted by atomic mass is 10.1. The first-order valence-corrected chi connectivity index (χ1v) is 7.03. The highest BCUT2D eigenvalue weighted by Gasteiger charge is 2.30. The van der Waals surface area contributed by atoms with Crippen LogP contribution in [0.1, 0.15) is 35.7 Å².